The zero-order valence-electron chi connectivity index (χ0n) is 20.0. The fourth-order valence-electron chi connectivity index (χ4n) is 2.99. The van der Waals surface area contributed by atoms with Gasteiger partial charge in [-0.1, -0.05) is 23.9 Å². The molecule has 0 fully saturated rings. The van der Waals surface area contributed by atoms with Gasteiger partial charge in [0.1, 0.15) is 11.8 Å². The third kappa shape index (κ3) is 13.6. The van der Waals surface area contributed by atoms with E-state index in [0.29, 0.717) is 38.1 Å². The number of aliphatic carboxylic acids is 1. The van der Waals surface area contributed by atoms with Crippen LogP contribution in [0.5, 0.6) is 5.75 Å². The van der Waals surface area contributed by atoms with Gasteiger partial charge in [0, 0.05) is 37.8 Å². The number of hydrogen-bond acceptors (Lipinski definition) is 7. The van der Waals surface area contributed by atoms with Crippen LogP contribution < -0.4 is 20.7 Å². The van der Waals surface area contributed by atoms with E-state index in [4.69, 9.17) is 9.84 Å². The molecule has 0 spiro atoms. The van der Waals surface area contributed by atoms with Crippen molar-refractivity contribution in [3.05, 3.63) is 35.9 Å². The number of thioether (sulfide) groups is 1. The van der Waals surface area contributed by atoms with Gasteiger partial charge in [-0.3, -0.25) is 14.4 Å². The highest BCUT2D eigenvalue weighted by atomic mass is 32.2. The molecular formula is C24H35N3O6S. The topological polar surface area (TPSA) is 134 Å². The van der Waals surface area contributed by atoms with Gasteiger partial charge in [0.15, 0.2) is 5.12 Å². The van der Waals surface area contributed by atoms with E-state index in [1.165, 1.54) is 24.8 Å². The Morgan fingerprint density at radius 1 is 1.12 bits per heavy atom. The van der Waals surface area contributed by atoms with Gasteiger partial charge in [-0.05, 0) is 56.5 Å². The Morgan fingerprint density at radius 2 is 1.82 bits per heavy atom. The number of benzene rings is 1. The molecule has 0 radical (unpaired) electrons. The molecule has 0 saturated heterocycles. The SMILES string of the molecule is COc1ccc(/C=C/C(=O)NCCSC(=O)CC(C)NCCCC[C@H](NC(C)=O)C(=O)O)cc1. The minimum atomic E-state index is -1.04. The molecule has 0 heterocycles. The van der Waals surface area contributed by atoms with E-state index >= 15 is 0 Å². The van der Waals surface area contributed by atoms with Gasteiger partial charge in [0.25, 0.3) is 0 Å². The highest BCUT2D eigenvalue weighted by Gasteiger charge is 2.17. The van der Waals surface area contributed by atoms with Crippen molar-refractivity contribution < 1.29 is 29.0 Å². The van der Waals surface area contributed by atoms with Crippen molar-refractivity contribution in [3.63, 3.8) is 0 Å². The zero-order valence-corrected chi connectivity index (χ0v) is 20.8. The van der Waals surface area contributed by atoms with Crippen LogP contribution in [0.2, 0.25) is 0 Å². The number of ether oxygens (including phenoxy) is 1. The monoisotopic (exact) mass is 493 g/mol. The molecule has 9 nitrogen and oxygen atoms in total. The predicted molar refractivity (Wildman–Crippen MR) is 134 cm³/mol. The Morgan fingerprint density at radius 3 is 2.44 bits per heavy atom. The van der Waals surface area contributed by atoms with Crippen molar-refractivity contribution in [2.75, 3.05) is 26.0 Å². The number of methoxy groups -OCH3 is 1. The number of amides is 2. The van der Waals surface area contributed by atoms with E-state index in [1.54, 1.807) is 13.2 Å². The minimum Gasteiger partial charge on any atom is -0.497 e. The second-order valence-corrected chi connectivity index (χ2v) is 8.92. The first-order valence-corrected chi connectivity index (χ1v) is 12.2. The van der Waals surface area contributed by atoms with Crippen molar-refractivity contribution >= 4 is 40.7 Å². The number of carboxylic acids is 1. The van der Waals surface area contributed by atoms with Gasteiger partial charge in [-0.2, -0.15) is 0 Å². The van der Waals surface area contributed by atoms with Crippen LogP contribution >= 0.6 is 11.8 Å². The molecule has 0 aliphatic rings. The Hall–Kier alpha value is -2.85. The first-order chi connectivity index (χ1) is 16.2. The normalized spacial score (nSPS) is 12.7. The number of carbonyl (C=O) groups is 4. The summed E-state index contributed by atoms with van der Waals surface area (Å²) < 4.78 is 5.09. The Labute approximate surface area is 205 Å². The first-order valence-electron chi connectivity index (χ1n) is 11.2. The Bertz CT molecular complexity index is 829. The fourth-order valence-corrected chi connectivity index (χ4v) is 3.79. The lowest BCUT2D eigenvalue weighted by Crippen LogP contribution is -2.39. The summed E-state index contributed by atoms with van der Waals surface area (Å²) in [4.78, 5) is 46.1. The Kier molecular flexibility index (Phi) is 14.3. The molecule has 34 heavy (non-hydrogen) atoms. The molecule has 0 bridgehead atoms. The van der Waals surface area contributed by atoms with E-state index in [9.17, 15) is 19.2 Å². The summed E-state index contributed by atoms with van der Waals surface area (Å²) in [7, 11) is 1.59. The maximum atomic E-state index is 12.1. The van der Waals surface area contributed by atoms with Crippen molar-refractivity contribution in [1.82, 2.24) is 16.0 Å². The van der Waals surface area contributed by atoms with Crippen LogP contribution in [-0.2, 0) is 19.2 Å². The number of carbonyl (C=O) groups excluding carboxylic acids is 3. The van der Waals surface area contributed by atoms with Crippen LogP contribution in [0, 0.1) is 0 Å². The van der Waals surface area contributed by atoms with Gasteiger partial charge in [0.2, 0.25) is 11.8 Å². The molecule has 1 rings (SSSR count). The molecule has 1 aromatic carbocycles. The average molecular weight is 494 g/mol. The molecule has 188 valence electrons. The highest BCUT2D eigenvalue weighted by Crippen LogP contribution is 2.12. The highest BCUT2D eigenvalue weighted by molar-refractivity contribution is 8.13. The van der Waals surface area contributed by atoms with Crippen LogP contribution in [0.3, 0.4) is 0 Å². The molecule has 1 aromatic rings. The molecular weight excluding hydrogens is 458 g/mol. The minimum absolute atomic E-state index is 0.00682. The average Bonchev–Trinajstić information content (AvgIpc) is 2.79. The van der Waals surface area contributed by atoms with E-state index in [-0.39, 0.29) is 23.0 Å². The lowest BCUT2D eigenvalue weighted by Gasteiger charge is -2.15. The summed E-state index contributed by atoms with van der Waals surface area (Å²) in [5.41, 5.74) is 0.886. The van der Waals surface area contributed by atoms with Gasteiger partial charge in [0.05, 0.1) is 7.11 Å². The van der Waals surface area contributed by atoms with Crippen molar-refractivity contribution in [2.45, 2.75) is 51.6 Å². The van der Waals surface area contributed by atoms with Gasteiger partial charge in [-0.15, -0.1) is 0 Å². The third-order valence-corrected chi connectivity index (χ3v) is 5.67. The summed E-state index contributed by atoms with van der Waals surface area (Å²) in [6.07, 6.45) is 5.27. The van der Waals surface area contributed by atoms with Crippen molar-refractivity contribution in [3.8, 4) is 5.75 Å². The van der Waals surface area contributed by atoms with Crippen molar-refractivity contribution in [1.29, 1.82) is 0 Å². The van der Waals surface area contributed by atoms with Crippen LogP contribution in [0.1, 0.15) is 45.1 Å². The summed E-state index contributed by atoms with van der Waals surface area (Å²) in [6, 6.07) is 6.46. The number of hydrogen-bond donors (Lipinski definition) is 4. The van der Waals surface area contributed by atoms with Crippen LogP contribution in [0.25, 0.3) is 6.08 Å². The first kappa shape index (κ1) is 29.2. The lowest BCUT2D eigenvalue weighted by molar-refractivity contribution is -0.141. The number of nitrogens with one attached hydrogen (secondary N) is 3. The largest absolute Gasteiger partial charge is 0.497 e. The molecule has 4 N–H and O–H groups in total. The van der Waals surface area contributed by atoms with Gasteiger partial charge >= 0.3 is 5.97 Å². The van der Waals surface area contributed by atoms with Crippen LogP contribution in [-0.4, -0.2) is 66.0 Å². The number of carboxylic acid groups (broad SMARTS) is 1. The van der Waals surface area contributed by atoms with E-state index < -0.39 is 12.0 Å². The molecule has 0 aliphatic heterocycles. The summed E-state index contributed by atoms with van der Waals surface area (Å²) in [6.45, 7) is 4.26. The number of unbranched alkanes of at least 4 members (excludes halogenated alkanes) is 1. The molecule has 2 amide bonds. The quantitative estimate of drug-likeness (QED) is 0.203. The molecule has 10 heteroatoms. The zero-order chi connectivity index (χ0) is 25.3. The molecule has 0 aromatic heterocycles. The van der Waals surface area contributed by atoms with E-state index in [1.807, 2.05) is 31.2 Å². The number of rotatable bonds is 16. The molecule has 0 saturated carbocycles. The molecule has 2 atom stereocenters. The molecule has 1 unspecified atom stereocenters. The second kappa shape index (κ2) is 16.7. The standard InChI is InChI=1S/C24H35N3O6S/c1-17(25-13-5-4-6-21(24(31)32)27-18(2)28)16-23(30)34-15-14-26-22(29)12-9-19-7-10-20(33-3)11-8-19/h7-12,17,21,25H,4-6,13-16H2,1-3H3,(H,26,29)(H,27,28)(H,31,32)/b12-9+/t17?,21-/m0/s1. The maximum absolute atomic E-state index is 12.1. The maximum Gasteiger partial charge on any atom is 0.326 e. The van der Waals surface area contributed by atoms with Crippen LogP contribution in [0.4, 0.5) is 0 Å². The van der Waals surface area contributed by atoms with E-state index in [0.717, 1.165) is 17.7 Å². The van der Waals surface area contributed by atoms with Gasteiger partial charge < -0.3 is 25.8 Å². The summed E-state index contributed by atoms with van der Waals surface area (Å²) >= 11 is 1.18. The van der Waals surface area contributed by atoms with E-state index in [2.05, 4.69) is 16.0 Å². The smallest absolute Gasteiger partial charge is 0.326 e. The summed E-state index contributed by atoms with van der Waals surface area (Å²) in [5.74, 6) is -0.376. The van der Waals surface area contributed by atoms with Crippen LogP contribution in [0.15, 0.2) is 30.3 Å². The summed E-state index contributed by atoms with van der Waals surface area (Å²) in [5, 5.41) is 17.5. The molecule has 0 aliphatic carbocycles. The van der Waals surface area contributed by atoms with Crippen molar-refractivity contribution in [2.24, 2.45) is 0 Å². The fraction of sp³-hybridized carbons (Fsp3) is 0.500. The lowest BCUT2D eigenvalue weighted by atomic mass is 10.1. The Balaban J connectivity index is 2.13. The third-order valence-electron chi connectivity index (χ3n) is 4.77. The predicted octanol–water partition coefficient (Wildman–Crippen LogP) is 2.21. The second-order valence-electron chi connectivity index (χ2n) is 7.76. The van der Waals surface area contributed by atoms with Gasteiger partial charge in [-0.25, -0.2) is 4.79 Å².